The van der Waals surface area contributed by atoms with E-state index in [2.05, 4.69) is 24.1 Å². The van der Waals surface area contributed by atoms with Gasteiger partial charge in [-0.1, -0.05) is 19.1 Å². The lowest BCUT2D eigenvalue weighted by atomic mass is 10.00. The minimum Gasteiger partial charge on any atom is -0.325 e. The summed E-state index contributed by atoms with van der Waals surface area (Å²) >= 11 is 0. The molecule has 1 aliphatic heterocycles. The number of benzene rings is 1. The second-order valence-corrected chi connectivity index (χ2v) is 6.34. The molecule has 0 unspecified atom stereocenters. The minimum atomic E-state index is -0.00674. The maximum Gasteiger partial charge on any atom is 0.321 e. The Labute approximate surface area is 137 Å². The van der Waals surface area contributed by atoms with Crippen molar-refractivity contribution in [1.29, 1.82) is 0 Å². The second kappa shape index (κ2) is 6.82. The molecule has 4 nitrogen and oxygen atoms in total. The summed E-state index contributed by atoms with van der Waals surface area (Å²) in [5, 5.41) is 3.02. The van der Waals surface area contributed by atoms with Crippen LogP contribution in [0.15, 0.2) is 42.6 Å². The smallest absolute Gasteiger partial charge is 0.321 e. The fraction of sp³-hybridized carbons (Fsp3) is 0.368. The van der Waals surface area contributed by atoms with Gasteiger partial charge in [-0.25, -0.2) is 4.79 Å². The monoisotopic (exact) mass is 309 g/mol. The molecule has 0 spiro atoms. The Kier molecular flexibility index (Phi) is 4.60. The zero-order chi connectivity index (χ0) is 16.2. The van der Waals surface area contributed by atoms with Crippen LogP contribution in [0.4, 0.5) is 10.5 Å². The average Bonchev–Trinajstić information content (AvgIpc) is 2.58. The number of urea groups is 1. The number of hydrogen-bond donors (Lipinski definition) is 1. The van der Waals surface area contributed by atoms with Crippen molar-refractivity contribution in [2.75, 3.05) is 18.4 Å². The van der Waals surface area contributed by atoms with E-state index in [-0.39, 0.29) is 6.03 Å². The number of nitrogens with zero attached hydrogens (tertiary/aromatic N) is 2. The fourth-order valence-electron chi connectivity index (χ4n) is 2.91. The van der Waals surface area contributed by atoms with Crippen molar-refractivity contribution in [3.63, 3.8) is 0 Å². The lowest BCUT2D eigenvalue weighted by Crippen LogP contribution is -2.40. The number of carbonyl (C=O) groups is 1. The van der Waals surface area contributed by atoms with Crippen molar-refractivity contribution >= 4 is 11.7 Å². The van der Waals surface area contributed by atoms with Crippen molar-refractivity contribution in [3.8, 4) is 11.3 Å². The third kappa shape index (κ3) is 3.70. The first-order valence-electron chi connectivity index (χ1n) is 8.21. The number of carbonyl (C=O) groups excluding carboxylic acids is 1. The molecule has 1 N–H and O–H groups in total. The van der Waals surface area contributed by atoms with Crippen LogP contribution in [0.2, 0.25) is 0 Å². The Morgan fingerprint density at radius 3 is 2.70 bits per heavy atom. The number of anilines is 1. The van der Waals surface area contributed by atoms with Crippen molar-refractivity contribution in [3.05, 3.63) is 48.2 Å². The van der Waals surface area contributed by atoms with Gasteiger partial charge >= 0.3 is 6.03 Å². The Balaban J connectivity index is 1.75. The van der Waals surface area contributed by atoms with Crippen molar-refractivity contribution in [1.82, 2.24) is 9.88 Å². The first-order chi connectivity index (χ1) is 11.1. The van der Waals surface area contributed by atoms with E-state index in [1.807, 2.05) is 41.3 Å². The van der Waals surface area contributed by atoms with Gasteiger partial charge in [-0.2, -0.15) is 0 Å². The molecule has 3 rings (SSSR count). The summed E-state index contributed by atoms with van der Waals surface area (Å²) in [6.07, 6.45) is 3.95. The van der Waals surface area contributed by atoms with E-state index in [9.17, 15) is 4.79 Å². The second-order valence-electron chi connectivity index (χ2n) is 6.34. The summed E-state index contributed by atoms with van der Waals surface area (Å²) in [5.74, 6) is 0.717. The van der Waals surface area contributed by atoms with E-state index >= 15 is 0 Å². The Hall–Kier alpha value is -2.36. The topological polar surface area (TPSA) is 45.2 Å². The zero-order valence-electron chi connectivity index (χ0n) is 13.7. The summed E-state index contributed by atoms with van der Waals surface area (Å²) in [6.45, 7) is 5.98. The lowest BCUT2D eigenvalue weighted by molar-refractivity contribution is 0.186. The van der Waals surface area contributed by atoms with Crippen molar-refractivity contribution in [2.24, 2.45) is 5.92 Å². The first kappa shape index (κ1) is 15.5. The van der Waals surface area contributed by atoms with Gasteiger partial charge in [0, 0.05) is 30.5 Å². The molecule has 1 fully saturated rings. The van der Waals surface area contributed by atoms with E-state index in [1.54, 1.807) is 6.20 Å². The number of aromatic nitrogens is 1. The quantitative estimate of drug-likeness (QED) is 0.898. The molecule has 23 heavy (non-hydrogen) atoms. The van der Waals surface area contributed by atoms with Crippen LogP contribution in [0.25, 0.3) is 11.3 Å². The van der Waals surface area contributed by atoms with Crippen molar-refractivity contribution < 1.29 is 4.79 Å². The number of nitrogens with one attached hydrogen (secondary N) is 1. The minimum absolute atomic E-state index is 0.00674. The van der Waals surface area contributed by atoms with Crippen molar-refractivity contribution in [2.45, 2.75) is 26.7 Å². The summed E-state index contributed by atoms with van der Waals surface area (Å²) < 4.78 is 0. The highest BCUT2D eigenvalue weighted by Gasteiger charge is 2.20. The van der Waals surface area contributed by atoms with Gasteiger partial charge in [0.1, 0.15) is 0 Å². The maximum atomic E-state index is 12.4. The van der Waals surface area contributed by atoms with E-state index in [4.69, 9.17) is 0 Å². The molecule has 1 aromatic heterocycles. The van der Waals surface area contributed by atoms with E-state index in [0.717, 1.165) is 48.4 Å². The van der Waals surface area contributed by atoms with Crippen LogP contribution in [-0.4, -0.2) is 29.0 Å². The molecule has 2 heterocycles. The third-order valence-electron chi connectivity index (χ3n) is 4.50. The standard InChI is InChI=1S/C19H23N3O/c1-14-8-11-22(12-9-14)19(23)21-16-7-6-15(2)17(13-16)18-5-3-4-10-20-18/h3-7,10,13-14H,8-9,11-12H2,1-2H3,(H,21,23). The van der Waals surface area contributed by atoms with Crippen LogP contribution in [0.5, 0.6) is 0 Å². The van der Waals surface area contributed by atoms with E-state index in [0.29, 0.717) is 5.92 Å². The average molecular weight is 309 g/mol. The third-order valence-corrected chi connectivity index (χ3v) is 4.50. The number of amides is 2. The highest BCUT2D eigenvalue weighted by molar-refractivity contribution is 5.90. The lowest BCUT2D eigenvalue weighted by Gasteiger charge is -2.30. The maximum absolute atomic E-state index is 12.4. The molecule has 1 aliphatic rings. The Morgan fingerprint density at radius 2 is 2.00 bits per heavy atom. The molecule has 120 valence electrons. The fourth-order valence-corrected chi connectivity index (χ4v) is 2.91. The van der Waals surface area contributed by atoms with Gasteiger partial charge in [-0.15, -0.1) is 0 Å². The Morgan fingerprint density at radius 1 is 1.22 bits per heavy atom. The van der Waals surface area contributed by atoms with Gasteiger partial charge in [0.05, 0.1) is 5.69 Å². The van der Waals surface area contributed by atoms with Gasteiger partial charge in [0.2, 0.25) is 0 Å². The highest BCUT2D eigenvalue weighted by Crippen LogP contribution is 2.25. The number of piperidine rings is 1. The summed E-state index contributed by atoms with van der Waals surface area (Å²) in [7, 11) is 0. The highest BCUT2D eigenvalue weighted by atomic mass is 16.2. The molecule has 0 aliphatic carbocycles. The Bertz CT molecular complexity index is 676. The number of pyridine rings is 1. The van der Waals surface area contributed by atoms with Crippen LogP contribution in [0.1, 0.15) is 25.3 Å². The molecule has 1 saturated heterocycles. The number of rotatable bonds is 2. The van der Waals surface area contributed by atoms with E-state index < -0.39 is 0 Å². The number of likely N-dealkylation sites (tertiary alicyclic amines) is 1. The molecular weight excluding hydrogens is 286 g/mol. The first-order valence-corrected chi connectivity index (χ1v) is 8.21. The van der Waals surface area contributed by atoms with Crippen LogP contribution in [0.3, 0.4) is 0 Å². The summed E-state index contributed by atoms with van der Waals surface area (Å²) in [5.41, 5.74) is 3.94. The van der Waals surface area contributed by atoms with E-state index in [1.165, 1.54) is 0 Å². The van der Waals surface area contributed by atoms with Gasteiger partial charge in [-0.3, -0.25) is 4.98 Å². The summed E-state index contributed by atoms with van der Waals surface area (Å²) in [4.78, 5) is 18.7. The molecule has 1 aromatic carbocycles. The summed E-state index contributed by atoms with van der Waals surface area (Å²) in [6, 6.07) is 11.8. The van der Waals surface area contributed by atoms with Gasteiger partial charge < -0.3 is 10.2 Å². The predicted molar refractivity (Wildman–Crippen MR) is 93.4 cm³/mol. The molecule has 4 heteroatoms. The normalized spacial score (nSPS) is 15.5. The van der Waals surface area contributed by atoms with Gasteiger partial charge in [0.15, 0.2) is 0 Å². The zero-order valence-corrected chi connectivity index (χ0v) is 13.7. The molecular formula is C19H23N3O. The van der Waals surface area contributed by atoms with Crippen LogP contribution in [0, 0.1) is 12.8 Å². The molecule has 0 saturated carbocycles. The molecule has 0 radical (unpaired) electrons. The molecule has 0 bridgehead atoms. The molecule has 2 aromatic rings. The largest absolute Gasteiger partial charge is 0.325 e. The number of aryl methyl sites for hydroxylation is 1. The number of hydrogen-bond acceptors (Lipinski definition) is 2. The molecule has 0 atom stereocenters. The SMILES string of the molecule is Cc1ccc(NC(=O)N2CCC(C)CC2)cc1-c1ccccn1. The van der Waals surface area contributed by atoms with Crippen LogP contribution >= 0.6 is 0 Å². The van der Waals surface area contributed by atoms with Gasteiger partial charge in [-0.05, 0) is 55.5 Å². The predicted octanol–water partition coefficient (Wildman–Crippen LogP) is 4.32. The van der Waals surface area contributed by atoms with Crippen LogP contribution in [-0.2, 0) is 0 Å². The van der Waals surface area contributed by atoms with Crippen LogP contribution < -0.4 is 5.32 Å². The van der Waals surface area contributed by atoms with Gasteiger partial charge in [0.25, 0.3) is 0 Å². The molecule has 2 amide bonds.